The van der Waals surface area contributed by atoms with Gasteiger partial charge in [-0.25, -0.2) is 0 Å². The summed E-state index contributed by atoms with van der Waals surface area (Å²) in [7, 11) is 0. The van der Waals surface area contributed by atoms with Crippen LogP contribution in [-0.2, 0) is 0 Å². The van der Waals surface area contributed by atoms with Crippen LogP contribution in [0.5, 0.6) is 0 Å². The van der Waals surface area contributed by atoms with E-state index in [9.17, 15) is 0 Å². The zero-order valence-corrected chi connectivity index (χ0v) is 12.7. The van der Waals surface area contributed by atoms with Crippen LogP contribution in [-0.4, -0.2) is 11.5 Å². The van der Waals surface area contributed by atoms with Crippen molar-refractivity contribution in [3.05, 3.63) is 64.6 Å². The van der Waals surface area contributed by atoms with Crippen molar-refractivity contribution in [2.75, 3.05) is 6.54 Å². The number of para-hydroxylation sites is 1. The fourth-order valence-corrected chi connectivity index (χ4v) is 2.79. The van der Waals surface area contributed by atoms with Crippen LogP contribution >= 0.6 is 15.9 Å². The first kappa shape index (κ1) is 13.3. The van der Waals surface area contributed by atoms with E-state index in [-0.39, 0.29) is 6.04 Å². The van der Waals surface area contributed by atoms with Crippen LogP contribution in [0.1, 0.15) is 24.3 Å². The molecule has 1 atom stereocenters. The Morgan fingerprint density at radius 3 is 2.90 bits per heavy atom. The zero-order chi connectivity index (χ0) is 13.9. The van der Waals surface area contributed by atoms with Crippen molar-refractivity contribution in [3.8, 4) is 0 Å². The van der Waals surface area contributed by atoms with E-state index in [1.54, 1.807) is 6.20 Å². The molecule has 0 bridgehead atoms. The van der Waals surface area contributed by atoms with Crippen LogP contribution in [0.25, 0.3) is 11.0 Å². The summed E-state index contributed by atoms with van der Waals surface area (Å²) in [6, 6.07) is 12.2. The maximum Gasteiger partial charge on any atom is 0.148 e. The Bertz CT molecular complexity index is 709. The molecule has 1 N–H and O–H groups in total. The quantitative estimate of drug-likeness (QED) is 0.775. The lowest BCUT2D eigenvalue weighted by Gasteiger charge is -2.15. The molecule has 0 aliphatic heterocycles. The molecule has 2 aromatic heterocycles. The Morgan fingerprint density at radius 2 is 2.20 bits per heavy atom. The third kappa shape index (κ3) is 2.49. The minimum absolute atomic E-state index is 0.0213. The second-order valence-corrected chi connectivity index (χ2v) is 5.44. The smallest absolute Gasteiger partial charge is 0.148 e. The lowest BCUT2D eigenvalue weighted by Crippen LogP contribution is -2.21. The van der Waals surface area contributed by atoms with Crippen molar-refractivity contribution in [1.82, 2.24) is 10.3 Å². The third-order valence-electron chi connectivity index (χ3n) is 3.23. The van der Waals surface area contributed by atoms with Crippen molar-refractivity contribution in [2.24, 2.45) is 0 Å². The van der Waals surface area contributed by atoms with E-state index in [1.807, 2.05) is 24.4 Å². The molecule has 0 amide bonds. The van der Waals surface area contributed by atoms with Crippen LogP contribution < -0.4 is 5.32 Å². The molecule has 0 fully saturated rings. The highest BCUT2D eigenvalue weighted by atomic mass is 79.9. The van der Waals surface area contributed by atoms with E-state index in [0.717, 1.165) is 33.3 Å². The van der Waals surface area contributed by atoms with E-state index in [0.29, 0.717) is 0 Å². The Kier molecular flexibility index (Phi) is 3.85. The van der Waals surface area contributed by atoms with Crippen LogP contribution in [0.4, 0.5) is 0 Å². The normalized spacial score (nSPS) is 12.7. The van der Waals surface area contributed by atoms with Crippen LogP contribution in [0.15, 0.2) is 57.7 Å². The first-order chi connectivity index (χ1) is 9.79. The lowest BCUT2D eigenvalue weighted by atomic mass is 10.1. The van der Waals surface area contributed by atoms with Gasteiger partial charge in [0, 0.05) is 17.8 Å². The Labute approximate surface area is 126 Å². The number of fused-ring (bicyclic) bond motifs is 1. The van der Waals surface area contributed by atoms with Gasteiger partial charge in [0.2, 0.25) is 0 Å². The molecule has 0 aliphatic rings. The first-order valence-corrected chi connectivity index (χ1v) is 7.40. The molecule has 3 nitrogen and oxygen atoms in total. The van der Waals surface area contributed by atoms with Gasteiger partial charge < -0.3 is 9.73 Å². The van der Waals surface area contributed by atoms with Crippen LogP contribution in [0.3, 0.4) is 0 Å². The molecule has 0 spiro atoms. The molecule has 3 aromatic rings. The Balaban J connectivity index is 2.08. The number of hydrogen-bond donors (Lipinski definition) is 1. The lowest BCUT2D eigenvalue weighted by molar-refractivity contribution is 0.475. The predicted octanol–water partition coefficient (Wildman–Crippen LogP) is 4.29. The van der Waals surface area contributed by atoms with Crippen molar-refractivity contribution < 1.29 is 4.42 Å². The van der Waals surface area contributed by atoms with Gasteiger partial charge in [-0.2, -0.15) is 0 Å². The molecular weight excluding hydrogens is 316 g/mol. The average Bonchev–Trinajstić information content (AvgIpc) is 2.91. The van der Waals surface area contributed by atoms with Crippen molar-refractivity contribution in [3.63, 3.8) is 0 Å². The summed E-state index contributed by atoms with van der Waals surface area (Å²) >= 11 is 3.53. The minimum Gasteiger partial charge on any atom is -0.458 e. The fraction of sp³-hybridized carbons (Fsp3) is 0.188. The highest BCUT2D eigenvalue weighted by Gasteiger charge is 2.18. The summed E-state index contributed by atoms with van der Waals surface area (Å²) in [5, 5.41) is 4.54. The Morgan fingerprint density at radius 1 is 1.30 bits per heavy atom. The summed E-state index contributed by atoms with van der Waals surface area (Å²) in [6.07, 6.45) is 3.65. The van der Waals surface area contributed by atoms with E-state index < -0.39 is 0 Å². The van der Waals surface area contributed by atoms with E-state index in [4.69, 9.17) is 4.42 Å². The monoisotopic (exact) mass is 330 g/mol. The topological polar surface area (TPSA) is 38.1 Å². The third-order valence-corrected chi connectivity index (χ3v) is 3.85. The van der Waals surface area contributed by atoms with Gasteiger partial charge in [-0.05, 0) is 46.2 Å². The molecule has 1 unspecified atom stereocenters. The van der Waals surface area contributed by atoms with Gasteiger partial charge in [0.15, 0.2) is 0 Å². The molecule has 102 valence electrons. The highest BCUT2D eigenvalue weighted by Crippen LogP contribution is 2.31. The van der Waals surface area contributed by atoms with Crippen molar-refractivity contribution in [2.45, 2.75) is 13.0 Å². The number of rotatable bonds is 4. The molecule has 20 heavy (non-hydrogen) atoms. The van der Waals surface area contributed by atoms with Gasteiger partial charge in [0.05, 0.1) is 10.5 Å². The van der Waals surface area contributed by atoms with Crippen LogP contribution in [0, 0.1) is 0 Å². The summed E-state index contributed by atoms with van der Waals surface area (Å²) in [5.74, 6) is 0.904. The molecule has 4 heteroatoms. The van der Waals surface area contributed by atoms with Gasteiger partial charge in [0.1, 0.15) is 11.3 Å². The molecule has 0 saturated carbocycles. The van der Waals surface area contributed by atoms with Crippen molar-refractivity contribution in [1.29, 1.82) is 0 Å². The number of aromatic nitrogens is 1. The highest BCUT2D eigenvalue weighted by molar-refractivity contribution is 9.10. The summed E-state index contributed by atoms with van der Waals surface area (Å²) in [4.78, 5) is 4.19. The second kappa shape index (κ2) is 5.77. The number of furan rings is 1. The van der Waals surface area contributed by atoms with Gasteiger partial charge in [-0.3, -0.25) is 4.98 Å². The van der Waals surface area contributed by atoms with E-state index >= 15 is 0 Å². The van der Waals surface area contributed by atoms with E-state index in [1.165, 1.54) is 0 Å². The molecule has 0 radical (unpaired) electrons. The minimum atomic E-state index is 0.0213. The van der Waals surface area contributed by atoms with Crippen LogP contribution in [0.2, 0.25) is 0 Å². The number of hydrogen-bond acceptors (Lipinski definition) is 3. The summed E-state index contributed by atoms with van der Waals surface area (Å²) in [5.41, 5.74) is 1.99. The van der Waals surface area contributed by atoms with Crippen molar-refractivity contribution >= 4 is 26.9 Å². The van der Waals surface area contributed by atoms with Gasteiger partial charge in [0.25, 0.3) is 0 Å². The largest absolute Gasteiger partial charge is 0.458 e. The SMILES string of the molecule is CCNC(c1cccnc1)c1cc2cccc(Br)c2o1. The zero-order valence-electron chi connectivity index (χ0n) is 11.1. The van der Waals surface area contributed by atoms with E-state index in [2.05, 4.69) is 51.4 Å². The first-order valence-electron chi connectivity index (χ1n) is 6.61. The molecule has 3 rings (SSSR count). The fourth-order valence-electron chi connectivity index (χ4n) is 2.32. The molecule has 1 aromatic carbocycles. The molecule has 0 saturated heterocycles. The number of nitrogens with one attached hydrogen (secondary N) is 1. The number of halogens is 1. The summed E-state index contributed by atoms with van der Waals surface area (Å²) in [6.45, 7) is 2.94. The maximum absolute atomic E-state index is 6.03. The number of nitrogens with zero attached hydrogens (tertiary/aromatic N) is 1. The average molecular weight is 331 g/mol. The molecular formula is C16H15BrN2O. The number of pyridine rings is 1. The van der Waals surface area contributed by atoms with Gasteiger partial charge in [-0.1, -0.05) is 25.1 Å². The standard InChI is InChI=1S/C16H15BrN2O/c1-2-19-15(12-6-4-8-18-10-12)14-9-11-5-3-7-13(17)16(11)20-14/h3-10,15,19H,2H2,1H3. The molecule has 2 heterocycles. The maximum atomic E-state index is 6.03. The predicted molar refractivity (Wildman–Crippen MR) is 83.7 cm³/mol. The number of benzene rings is 1. The molecule has 0 aliphatic carbocycles. The second-order valence-electron chi connectivity index (χ2n) is 4.58. The van der Waals surface area contributed by atoms with Gasteiger partial charge in [-0.15, -0.1) is 0 Å². The Hall–Kier alpha value is -1.65. The summed E-state index contributed by atoms with van der Waals surface area (Å²) < 4.78 is 7.01. The van der Waals surface area contributed by atoms with Gasteiger partial charge >= 0.3 is 0 Å².